The van der Waals surface area contributed by atoms with Gasteiger partial charge in [-0.25, -0.2) is 8.42 Å². The van der Waals surface area contributed by atoms with Crippen molar-refractivity contribution in [3.63, 3.8) is 0 Å². The Morgan fingerprint density at radius 3 is 1.33 bits per heavy atom. The lowest BCUT2D eigenvalue weighted by Gasteiger charge is -1.90. The van der Waals surface area contributed by atoms with Gasteiger partial charge >= 0.3 is 0 Å². The molecule has 0 amide bonds. The van der Waals surface area contributed by atoms with Gasteiger partial charge in [0.25, 0.3) is 4.18 Å². The van der Waals surface area contributed by atoms with Gasteiger partial charge in [-0.05, 0) is 0 Å². The summed E-state index contributed by atoms with van der Waals surface area (Å²) in [7, 11) is 0. The fourth-order valence-corrected chi connectivity index (χ4v) is 0.677. The summed E-state index contributed by atoms with van der Waals surface area (Å²) in [5.74, 6) is 0. The second-order valence-electron chi connectivity index (χ2n) is 2.44. The number of halogens is 2. The van der Waals surface area contributed by atoms with E-state index in [0.29, 0.717) is 0 Å². The highest BCUT2D eigenvalue weighted by atomic mass is 127. The molecule has 76 valence electrons. The maximum Gasteiger partial charge on any atom is 0.255 e. The molecule has 0 aromatic heterocycles. The molecule has 0 aliphatic heterocycles. The molecule has 0 N–H and O–H groups in total. The van der Waals surface area contributed by atoms with E-state index in [2.05, 4.69) is 13.8 Å². The Morgan fingerprint density at radius 2 is 1.17 bits per heavy atom. The second kappa shape index (κ2) is 10.5. The molecule has 0 aromatic rings. The van der Waals surface area contributed by atoms with Gasteiger partial charge in [-0.3, -0.25) is 0 Å². The van der Waals surface area contributed by atoms with E-state index in [9.17, 15) is 8.42 Å². The predicted molar refractivity (Wildman–Crippen MR) is 71.4 cm³/mol. The largest absolute Gasteiger partial charge is 0.255 e. The zero-order valence-electron chi connectivity index (χ0n) is 7.52. The molecule has 2 nitrogen and oxygen atoms in total. The van der Waals surface area contributed by atoms with Gasteiger partial charge < -0.3 is 0 Å². The average Bonchev–Trinajstić information content (AvgIpc) is 1.85. The van der Waals surface area contributed by atoms with Crippen molar-refractivity contribution in [2.75, 3.05) is 0 Å². The normalized spacial score (nSPS) is 10.3. The molecule has 0 rings (SSSR count). The summed E-state index contributed by atoms with van der Waals surface area (Å²) in [6.07, 6.45) is 7.01. The first-order chi connectivity index (χ1) is 5.41. The van der Waals surface area contributed by atoms with Crippen LogP contribution in [0.4, 0.5) is 0 Å². The fourth-order valence-electron chi connectivity index (χ4n) is 0.677. The third-order valence-corrected chi connectivity index (χ3v) is 1.21. The van der Waals surface area contributed by atoms with Gasteiger partial charge in [0.1, 0.15) is 0 Å². The van der Waals surface area contributed by atoms with E-state index in [4.69, 9.17) is 0 Å². The summed E-state index contributed by atoms with van der Waals surface area (Å²) in [6.45, 7) is 4.49. The Kier molecular flexibility index (Phi) is 13.9. The zero-order valence-corrected chi connectivity index (χ0v) is 12.6. The van der Waals surface area contributed by atoms with Crippen molar-refractivity contribution in [2.24, 2.45) is 0 Å². The molecule has 0 saturated carbocycles. The van der Waals surface area contributed by atoms with Crippen LogP contribution in [0.5, 0.6) is 0 Å². The van der Waals surface area contributed by atoms with Crippen molar-refractivity contribution in [1.82, 2.24) is 0 Å². The standard InChI is InChI=1S/C7H16.I2O2S/c1-3-5-7-6-4-2;1-5(2,3)4/h3-7H2,1-2H3;. The van der Waals surface area contributed by atoms with Gasteiger partial charge in [0.2, 0.25) is 0 Å². The van der Waals surface area contributed by atoms with Crippen molar-refractivity contribution in [3.8, 4) is 0 Å². The average molecular weight is 418 g/mol. The Bertz CT molecular complexity index is 154. The number of rotatable bonds is 4. The molecule has 0 atom stereocenters. The SMILES string of the molecule is CCCCCCC.O=S(=O)(I)I. The van der Waals surface area contributed by atoms with Gasteiger partial charge in [-0.15, -0.1) is 0 Å². The van der Waals surface area contributed by atoms with E-state index in [1.54, 1.807) is 0 Å². The highest BCUT2D eigenvalue weighted by Gasteiger charge is 1.86. The van der Waals surface area contributed by atoms with Gasteiger partial charge in [0.15, 0.2) is 0 Å². The molecular weight excluding hydrogens is 402 g/mol. The van der Waals surface area contributed by atoms with E-state index in [1.165, 1.54) is 74.5 Å². The van der Waals surface area contributed by atoms with Gasteiger partial charge in [-0.1, -0.05) is 46.0 Å². The Hall–Kier alpha value is 1.41. The number of hydrogen-bond donors (Lipinski definition) is 0. The van der Waals surface area contributed by atoms with Gasteiger partial charge in [0.05, 0.1) is 42.4 Å². The molecular formula is C7H16I2O2S. The summed E-state index contributed by atoms with van der Waals surface area (Å²) in [6, 6.07) is 0. The molecule has 0 aromatic carbocycles. The zero-order chi connectivity index (χ0) is 10.0. The molecule has 0 aliphatic rings. The number of hydrogen-bond acceptors (Lipinski definition) is 2. The molecule has 12 heavy (non-hydrogen) atoms. The first kappa shape index (κ1) is 15.9. The van der Waals surface area contributed by atoms with E-state index in [-0.39, 0.29) is 0 Å². The first-order valence-electron chi connectivity index (χ1n) is 4.06. The van der Waals surface area contributed by atoms with Crippen LogP contribution in [0.15, 0.2) is 0 Å². The summed E-state index contributed by atoms with van der Waals surface area (Å²) >= 11 is 2.67. The molecule has 0 heterocycles. The van der Waals surface area contributed by atoms with Crippen molar-refractivity contribution < 1.29 is 8.42 Å². The highest BCUT2D eigenvalue weighted by molar-refractivity contribution is 14.3. The maximum absolute atomic E-state index is 9.61. The van der Waals surface area contributed by atoms with Crippen LogP contribution >= 0.6 is 42.4 Å². The molecule has 0 bridgehead atoms. The first-order valence-corrected chi connectivity index (χ1v) is 10.6. The monoisotopic (exact) mass is 418 g/mol. The van der Waals surface area contributed by atoms with Crippen molar-refractivity contribution in [1.29, 1.82) is 0 Å². The third kappa shape index (κ3) is 42.2. The Balaban J connectivity index is 0. The predicted octanol–water partition coefficient (Wildman–Crippen LogP) is 4.08. The molecule has 0 radical (unpaired) electrons. The van der Waals surface area contributed by atoms with Crippen LogP contribution in [0.2, 0.25) is 0 Å². The van der Waals surface area contributed by atoms with Crippen LogP contribution < -0.4 is 0 Å². The van der Waals surface area contributed by atoms with Crippen molar-refractivity contribution in [2.45, 2.75) is 46.0 Å². The lowest BCUT2D eigenvalue weighted by Crippen LogP contribution is -1.70. The van der Waals surface area contributed by atoms with Crippen LogP contribution in [-0.4, -0.2) is 8.42 Å². The Morgan fingerprint density at radius 1 is 0.917 bits per heavy atom. The van der Waals surface area contributed by atoms with Gasteiger partial charge in [-0.2, -0.15) is 0 Å². The molecule has 0 aliphatic carbocycles. The van der Waals surface area contributed by atoms with Gasteiger partial charge in [0, 0.05) is 0 Å². The van der Waals surface area contributed by atoms with Crippen molar-refractivity contribution >= 4 is 46.6 Å². The summed E-state index contributed by atoms with van der Waals surface area (Å²) in [5.41, 5.74) is 0. The minimum absolute atomic E-state index is 1.34. The van der Waals surface area contributed by atoms with E-state index in [0.717, 1.165) is 0 Å². The molecule has 5 heteroatoms. The second-order valence-corrected chi connectivity index (χ2v) is 15.2. The maximum atomic E-state index is 9.61. The molecule has 0 saturated heterocycles. The van der Waals surface area contributed by atoms with Crippen LogP contribution in [0.3, 0.4) is 0 Å². The fraction of sp³-hybridized carbons (Fsp3) is 1.00. The molecule has 0 spiro atoms. The van der Waals surface area contributed by atoms with Crippen molar-refractivity contribution in [3.05, 3.63) is 0 Å². The topological polar surface area (TPSA) is 34.1 Å². The molecule has 0 unspecified atom stereocenters. The lowest BCUT2D eigenvalue weighted by molar-refractivity contribution is 0.627. The quantitative estimate of drug-likeness (QED) is 0.392. The van der Waals surface area contributed by atoms with Crippen LogP contribution in [0.25, 0.3) is 0 Å². The highest BCUT2D eigenvalue weighted by Crippen LogP contribution is 2.08. The smallest absolute Gasteiger partial charge is 0.208 e. The van der Waals surface area contributed by atoms with Crippen LogP contribution in [0, 0.1) is 0 Å². The minimum atomic E-state index is -2.73. The summed E-state index contributed by atoms with van der Waals surface area (Å²) in [4.78, 5) is 0. The summed E-state index contributed by atoms with van der Waals surface area (Å²) < 4.78 is 16.5. The summed E-state index contributed by atoms with van der Waals surface area (Å²) in [5, 5.41) is 0. The molecule has 0 fully saturated rings. The number of unbranched alkanes of at least 4 members (excludes halogenated alkanes) is 4. The Labute approximate surface area is 100.0 Å². The van der Waals surface area contributed by atoms with E-state index >= 15 is 0 Å². The minimum Gasteiger partial charge on any atom is -0.208 e. The van der Waals surface area contributed by atoms with Crippen LogP contribution in [0.1, 0.15) is 46.0 Å². The van der Waals surface area contributed by atoms with E-state index in [1.807, 2.05) is 0 Å². The van der Waals surface area contributed by atoms with Crippen LogP contribution in [-0.2, 0) is 4.18 Å². The van der Waals surface area contributed by atoms with E-state index < -0.39 is 4.18 Å². The third-order valence-electron chi connectivity index (χ3n) is 1.21. The lowest BCUT2D eigenvalue weighted by atomic mass is 10.2.